The maximum Gasteiger partial charge on any atom is 0.320 e. The van der Waals surface area contributed by atoms with Gasteiger partial charge in [-0.2, -0.15) is 0 Å². The molecule has 0 bridgehead atoms. The van der Waals surface area contributed by atoms with Crippen LogP contribution < -0.4 is 5.73 Å². The third-order valence-electron chi connectivity index (χ3n) is 1.64. The molecule has 0 unspecified atom stereocenters. The van der Waals surface area contributed by atoms with Crippen LogP contribution in [0.15, 0.2) is 0 Å². The lowest BCUT2D eigenvalue weighted by Gasteiger charge is -2.04. The predicted molar refractivity (Wildman–Crippen MR) is 32.9 cm³/mol. The van der Waals surface area contributed by atoms with Crippen LogP contribution >= 0.6 is 0 Å². The van der Waals surface area contributed by atoms with E-state index in [2.05, 4.69) is 4.74 Å². The van der Waals surface area contributed by atoms with Gasteiger partial charge in [-0.05, 0) is 12.8 Å². The van der Waals surface area contributed by atoms with Crippen molar-refractivity contribution < 1.29 is 14.3 Å². The first-order chi connectivity index (χ1) is 4.75. The van der Waals surface area contributed by atoms with Gasteiger partial charge in [-0.15, -0.1) is 0 Å². The molecule has 0 amide bonds. The maximum atomic E-state index is 10.8. The molecule has 1 rings (SSSR count). The van der Waals surface area contributed by atoms with Crippen LogP contribution in [0.3, 0.4) is 0 Å². The summed E-state index contributed by atoms with van der Waals surface area (Å²) in [5, 5.41) is 0. The number of esters is 1. The fraction of sp³-hybridized carbons (Fsp3) is 0.667. The molecule has 10 heavy (non-hydrogen) atoms. The molecule has 1 aliphatic rings. The Morgan fingerprint density at radius 1 is 1.70 bits per heavy atom. The van der Waals surface area contributed by atoms with E-state index in [9.17, 15) is 9.59 Å². The second-order valence-electron chi connectivity index (χ2n) is 2.37. The highest BCUT2D eigenvalue weighted by Crippen LogP contribution is 2.44. The van der Waals surface area contributed by atoms with E-state index in [0.717, 1.165) is 0 Å². The van der Waals surface area contributed by atoms with Crippen molar-refractivity contribution in [2.45, 2.75) is 12.8 Å². The number of nitrogens with two attached hydrogens (primary N) is 1. The van der Waals surface area contributed by atoms with Gasteiger partial charge in [0.1, 0.15) is 18.4 Å². The van der Waals surface area contributed by atoms with Crippen LogP contribution in [0.1, 0.15) is 12.8 Å². The second kappa shape index (κ2) is 2.38. The lowest BCUT2D eigenvalue weighted by molar-refractivity contribution is -0.151. The molecule has 0 aromatic rings. The Morgan fingerprint density at radius 2 is 2.30 bits per heavy atom. The molecular weight excluding hydrogens is 134 g/mol. The zero-order valence-corrected chi connectivity index (χ0v) is 5.50. The minimum absolute atomic E-state index is 0.144. The standard InChI is InChI=1S/C6H9NO3/c7-4-10-5(9)6(3-8)1-2-6/h3H,1-2,4,7H2. The molecule has 4 heteroatoms. The van der Waals surface area contributed by atoms with Crippen molar-refractivity contribution in [2.24, 2.45) is 11.1 Å². The van der Waals surface area contributed by atoms with Crippen molar-refractivity contribution in [3.8, 4) is 0 Å². The van der Waals surface area contributed by atoms with Crippen LogP contribution in [-0.2, 0) is 14.3 Å². The molecule has 0 saturated heterocycles. The average molecular weight is 143 g/mol. The van der Waals surface area contributed by atoms with E-state index in [1.54, 1.807) is 0 Å². The molecule has 0 heterocycles. The molecule has 56 valence electrons. The van der Waals surface area contributed by atoms with Gasteiger partial charge in [-0.25, -0.2) is 0 Å². The minimum atomic E-state index is -0.820. The third kappa shape index (κ3) is 1.02. The molecule has 0 aromatic carbocycles. The van der Waals surface area contributed by atoms with Crippen LogP contribution in [-0.4, -0.2) is 19.0 Å². The van der Waals surface area contributed by atoms with Crippen molar-refractivity contribution >= 4 is 12.3 Å². The minimum Gasteiger partial charge on any atom is -0.449 e. The first-order valence-corrected chi connectivity index (χ1v) is 3.09. The molecule has 0 aliphatic heterocycles. The SMILES string of the molecule is NCOC(=O)C1(C=O)CC1. The summed E-state index contributed by atoms with van der Waals surface area (Å²) in [4.78, 5) is 21.1. The normalized spacial score (nSPS) is 19.7. The van der Waals surface area contributed by atoms with Crippen LogP contribution in [0, 0.1) is 5.41 Å². The zero-order chi connectivity index (χ0) is 7.61. The van der Waals surface area contributed by atoms with Crippen molar-refractivity contribution in [3.63, 3.8) is 0 Å². The fourth-order valence-electron chi connectivity index (χ4n) is 0.724. The topological polar surface area (TPSA) is 69.4 Å². The average Bonchev–Trinajstić information content (AvgIpc) is 2.68. The number of carbonyl (C=O) groups is 2. The number of aldehydes is 1. The summed E-state index contributed by atoms with van der Waals surface area (Å²) < 4.78 is 4.47. The molecule has 0 spiro atoms. The number of rotatable bonds is 3. The predicted octanol–water partition coefficient (Wildman–Crippen LogP) is -0.575. The molecule has 1 saturated carbocycles. The van der Waals surface area contributed by atoms with Gasteiger partial charge >= 0.3 is 5.97 Å². The van der Waals surface area contributed by atoms with Gasteiger partial charge in [0.05, 0.1) is 0 Å². The highest BCUT2D eigenvalue weighted by molar-refractivity contribution is 5.96. The van der Waals surface area contributed by atoms with E-state index in [1.807, 2.05) is 0 Å². The van der Waals surface area contributed by atoms with Gasteiger partial charge in [0.15, 0.2) is 0 Å². The van der Waals surface area contributed by atoms with Crippen molar-refractivity contribution in [1.29, 1.82) is 0 Å². The number of hydrogen-bond acceptors (Lipinski definition) is 4. The van der Waals surface area contributed by atoms with Crippen LogP contribution in [0.2, 0.25) is 0 Å². The summed E-state index contributed by atoms with van der Waals surface area (Å²) in [7, 11) is 0. The largest absolute Gasteiger partial charge is 0.449 e. The summed E-state index contributed by atoms with van der Waals surface area (Å²) >= 11 is 0. The van der Waals surface area contributed by atoms with Gasteiger partial charge in [-0.3, -0.25) is 10.5 Å². The number of carbonyl (C=O) groups excluding carboxylic acids is 2. The zero-order valence-electron chi connectivity index (χ0n) is 5.50. The summed E-state index contributed by atoms with van der Waals surface area (Å²) in [6.45, 7) is -0.144. The molecule has 1 aliphatic carbocycles. The Balaban J connectivity index is 2.47. The summed E-state index contributed by atoms with van der Waals surface area (Å²) in [6.07, 6.45) is 1.86. The maximum absolute atomic E-state index is 10.8. The van der Waals surface area contributed by atoms with E-state index in [4.69, 9.17) is 5.73 Å². The quantitative estimate of drug-likeness (QED) is 0.248. The number of hydrogen-bond donors (Lipinski definition) is 1. The lowest BCUT2D eigenvalue weighted by atomic mass is 10.1. The molecule has 2 N–H and O–H groups in total. The molecule has 1 fully saturated rings. The van der Waals surface area contributed by atoms with Crippen molar-refractivity contribution in [3.05, 3.63) is 0 Å². The Kier molecular flexibility index (Phi) is 1.72. The monoisotopic (exact) mass is 143 g/mol. The highest BCUT2D eigenvalue weighted by atomic mass is 16.5. The third-order valence-corrected chi connectivity index (χ3v) is 1.64. The lowest BCUT2D eigenvalue weighted by Crippen LogP contribution is -2.23. The number of ether oxygens (including phenoxy) is 1. The summed E-state index contributed by atoms with van der Waals surface area (Å²) in [6, 6.07) is 0. The first-order valence-electron chi connectivity index (χ1n) is 3.09. The summed E-state index contributed by atoms with van der Waals surface area (Å²) in [5.74, 6) is -0.481. The molecule has 0 aromatic heterocycles. The Morgan fingerprint density at radius 3 is 2.60 bits per heavy atom. The molecular formula is C6H9NO3. The molecule has 0 radical (unpaired) electrons. The van der Waals surface area contributed by atoms with Crippen LogP contribution in [0.4, 0.5) is 0 Å². The van der Waals surface area contributed by atoms with Crippen molar-refractivity contribution in [1.82, 2.24) is 0 Å². The van der Waals surface area contributed by atoms with E-state index >= 15 is 0 Å². The fourth-order valence-corrected chi connectivity index (χ4v) is 0.724. The van der Waals surface area contributed by atoms with E-state index < -0.39 is 11.4 Å². The second-order valence-corrected chi connectivity index (χ2v) is 2.37. The Hall–Kier alpha value is -0.900. The van der Waals surface area contributed by atoms with Gasteiger partial charge < -0.3 is 9.53 Å². The van der Waals surface area contributed by atoms with Crippen molar-refractivity contribution in [2.75, 3.05) is 6.73 Å². The van der Waals surface area contributed by atoms with Crippen LogP contribution in [0.5, 0.6) is 0 Å². The molecule has 0 atom stereocenters. The van der Waals surface area contributed by atoms with Gasteiger partial charge in [0, 0.05) is 0 Å². The smallest absolute Gasteiger partial charge is 0.320 e. The van der Waals surface area contributed by atoms with E-state index in [-0.39, 0.29) is 6.73 Å². The molecule has 4 nitrogen and oxygen atoms in total. The summed E-state index contributed by atoms with van der Waals surface area (Å²) in [5.41, 5.74) is 4.13. The Labute approximate surface area is 58.3 Å². The highest BCUT2D eigenvalue weighted by Gasteiger charge is 2.51. The Bertz CT molecular complexity index is 162. The van der Waals surface area contributed by atoms with Gasteiger partial charge in [0.2, 0.25) is 0 Å². The van der Waals surface area contributed by atoms with E-state index in [0.29, 0.717) is 19.1 Å². The van der Waals surface area contributed by atoms with E-state index in [1.165, 1.54) is 0 Å². The van der Waals surface area contributed by atoms with Gasteiger partial charge in [0.25, 0.3) is 0 Å². The van der Waals surface area contributed by atoms with Crippen LogP contribution in [0.25, 0.3) is 0 Å². The van der Waals surface area contributed by atoms with Gasteiger partial charge in [-0.1, -0.05) is 0 Å². The first kappa shape index (κ1) is 7.21.